The molecule has 1 aromatic carbocycles. The van der Waals surface area contributed by atoms with E-state index in [1.165, 1.54) is 16.4 Å². The number of aliphatic carboxylic acids is 1. The molecule has 1 heterocycles. The lowest BCUT2D eigenvalue weighted by Crippen LogP contribution is -2.40. The Labute approximate surface area is 121 Å². The molecule has 1 aliphatic heterocycles. The third-order valence-electron chi connectivity index (χ3n) is 2.96. The number of carboxylic acids is 1. The average Bonchev–Trinajstić information content (AvgIpc) is 2.46. The maximum Gasteiger partial charge on any atom is 0.328 e. The van der Waals surface area contributed by atoms with Crippen molar-refractivity contribution in [3.05, 3.63) is 35.7 Å². The van der Waals surface area contributed by atoms with Gasteiger partial charge in [0.25, 0.3) is 0 Å². The third-order valence-corrected chi connectivity index (χ3v) is 4.89. The SMILES string of the molecule is O=C(O)/C=C/c1ccc(S(=O)(=O)N2CCOCC2)c(F)c1. The molecule has 2 rings (SSSR count). The molecule has 1 aromatic rings. The quantitative estimate of drug-likeness (QED) is 0.836. The predicted molar refractivity (Wildman–Crippen MR) is 72.6 cm³/mol. The first-order chi connectivity index (χ1) is 9.91. The molecule has 114 valence electrons. The Balaban J connectivity index is 2.29. The van der Waals surface area contributed by atoms with Crippen molar-refractivity contribution < 1.29 is 27.4 Å². The first-order valence-corrected chi connectivity index (χ1v) is 7.64. The van der Waals surface area contributed by atoms with Gasteiger partial charge in [-0.3, -0.25) is 0 Å². The van der Waals surface area contributed by atoms with Crippen LogP contribution in [-0.2, 0) is 19.6 Å². The molecule has 0 unspecified atom stereocenters. The normalized spacial score (nSPS) is 17.2. The molecule has 0 atom stereocenters. The number of carboxylic acid groups (broad SMARTS) is 1. The number of halogens is 1. The number of ether oxygens (including phenoxy) is 1. The number of hydrogen-bond acceptors (Lipinski definition) is 4. The Kier molecular flexibility index (Phi) is 4.71. The fraction of sp³-hybridized carbons (Fsp3) is 0.308. The predicted octanol–water partition coefficient (Wildman–Crippen LogP) is 0.944. The molecule has 0 radical (unpaired) electrons. The van der Waals surface area contributed by atoms with Gasteiger partial charge in [-0.25, -0.2) is 17.6 Å². The Morgan fingerprint density at radius 1 is 1.33 bits per heavy atom. The lowest BCUT2D eigenvalue weighted by Gasteiger charge is -2.26. The van der Waals surface area contributed by atoms with Gasteiger partial charge in [0.15, 0.2) is 0 Å². The summed E-state index contributed by atoms with van der Waals surface area (Å²) in [4.78, 5) is 9.98. The van der Waals surface area contributed by atoms with Crippen LogP contribution < -0.4 is 0 Å². The largest absolute Gasteiger partial charge is 0.478 e. The minimum absolute atomic E-state index is 0.183. The molecule has 1 N–H and O–H groups in total. The summed E-state index contributed by atoms with van der Waals surface area (Å²) < 4.78 is 44.9. The second-order valence-corrected chi connectivity index (χ2v) is 6.28. The summed E-state index contributed by atoms with van der Waals surface area (Å²) in [6, 6.07) is 3.49. The molecule has 0 saturated carbocycles. The molecule has 0 spiro atoms. The van der Waals surface area contributed by atoms with Crippen molar-refractivity contribution in [2.45, 2.75) is 4.90 Å². The molecule has 1 fully saturated rings. The van der Waals surface area contributed by atoms with E-state index < -0.39 is 26.7 Å². The van der Waals surface area contributed by atoms with E-state index in [-0.39, 0.29) is 31.9 Å². The Morgan fingerprint density at radius 3 is 2.57 bits per heavy atom. The molecule has 21 heavy (non-hydrogen) atoms. The Bertz CT molecular complexity index is 665. The van der Waals surface area contributed by atoms with Crippen LogP contribution in [-0.4, -0.2) is 50.1 Å². The van der Waals surface area contributed by atoms with Gasteiger partial charge < -0.3 is 9.84 Å². The number of rotatable bonds is 4. The van der Waals surface area contributed by atoms with Gasteiger partial charge in [0.1, 0.15) is 10.7 Å². The van der Waals surface area contributed by atoms with Gasteiger partial charge in [-0.2, -0.15) is 4.31 Å². The topological polar surface area (TPSA) is 83.9 Å². The zero-order valence-electron chi connectivity index (χ0n) is 11.0. The fourth-order valence-electron chi connectivity index (χ4n) is 1.92. The molecule has 1 saturated heterocycles. The Hall–Kier alpha value is -1.77. The van der Waals surface area contributed by atoms with Crippen molar-refractivity contribution in [3.8, 4) is 0 Å². The van der Waals surface area contributed by atoms with Crippen molar-refractivity contribution in [2.75, 3.05) is 26.3 Å². The number of morpholine rings is 1. The number of sulfonamides is 1. The van der Waals surface area contributed by atoms with Crippen LogP contribution >= 0.6 is 0 Å². The molecule has 0 aliphatic carbocycles. The van der Waals surface area contributed by atoms with Crippen LogP contribution in [0.3, 0.4) is 0 Å². The van der Waals surface area contributed by atoms with Crippen LogP contribution in [0.2, 0.25) is 0 Å². The van der Waals surface area contributed by atoms with Gasteiger partial charge in [-0.15, -0.1) is 0 Å². The minimum atomic E-state index is -3.90. The van der Waals surface area contributed by atoms with Gasteiger partial charge in [-0.1, -0.05) is 6.07 Å². The summed E-state index contributed by atoms with van der Waals surface area (Å²) in [5, 5.41) is 8.50. The molecular formula is C13H14FNO5S. The lowest BCUT2D eigenvalue weighted by atomic mass is 10.2. The number of carbonyl (C=O) groups is 1. The first kappa shape index (κ1) is 15.6. The van der Waals surface area contributed by atoms with E-state index in [1.54, 1.807) is 0 Å². The maximum atomic E-state index is 14.0. The molecule has 8 heteroatoms. The lowest BCUT2D eigenvalue weighted by molar-refractivity contribution is -0.131. The van der Waals surface area contributed by atoms with Crippen LogP contribution in [0.1, 0.15) is 5.56 Å². The fourth-order valence-corrected chi connectivity index (χ4v) is 3.38. The maximum absolute atomic E-state index is 14.0. The van der Waals surface area contributed by atoms with Crippen molar-refractivity contribution in [3.63, 3.8) is 0 Å². The highest BCUT2D eigenvalue weighted by Gasteiger charge is 2.28. The van der Waals surface area contributed by atoms with Gasteiger partial charge in [-0.05, 0) is 23.8 Å². The highest BCUT2D eigenvalue weighted by atomic mass is 32.2. The summed E-state index contributed by atoms with van der Waals surface area (Å²) >= 11 is 0. The van der Waals surface area contributed by atoms with Gasteiger partial charge in [0.05, 0.1) is 13.2 Å². The van der Waals surface area contributed by atoms with Crippen molar-refractivity contribution in [1.82, 2.24) is 4.31 Å². The summed E-state index contributed by atoms with van der Waals surface area (Å²) in [5.41, 5.74) is 0.274. The summed E-state index contributed by atoms with van der Waals surface area (Å²) in [6.45, 7) is 0.922. The van der Waals surface area contributed by atoms with Crippen LogP contribution in [0.4, 0.5) is 4.39 Å². The van der Waals surface area contributed by atoms with Crippen molar-refractivity contribution in [2.24, 2.45) is 0 Å². The van der Waals surface area contributed by atoms with E-state index in [2.05, 4.69) is 0 Å². The molecule has 6 nitrogen and oxygen atoms in total. The van der Waals surface area contributed by atoms with E-state index in [0.717, 1.165) is 18.2 Å². The third kappa shape index (κ3) is 3.66. The standard InChI is InChI=1S/C13H14FNO5S/c14-11-9-10(2-4-13(16)17)1-3-12(11)21(18,19)15-5-7-20-8-6-15/h1-4,9H,5-8H2,(H,16,17)/b4-2+. The zero-order chi connectivity index (χ0) is 15.5. The van der Waals surface area contributed by atoms with Crippen molar-refractivity contribution >= 4 is 22.1 Å². The van der Waals surface area contributed by atoms with Crippen molar-refractivity contribution in [1.29, 1.82) is 0 Å². The molecular weight excluding hydrogens is 301 g/mol. The van der Waals surface area contributed by atoms with Crippen LogP contribution in [0, 0.1) is 5.82 Å². The van der Waals surface area contributed by atoms with E-state index in [1.807, 2.05) is 0 Å². The zero-order valence-corrected chi connectivity index (χ0v) is 11.8. The minimum Gasteiger partial charge on any atom is -0.478 e. The average molecular weight is 315 g/mol. The van der Waals surface area contributed by atoms with E-state index in [0.29, 0.717) is 0 Å². The number of hydrogen-bond donors (Lipinski definition) is 1. The Morgan fingerprint density at radius 2 is 2.00 bits per heavy atom. The smallest absolute Gasteiger partial charge is 0.328 e. The summed E-state index contributed by atoms with van der Waals surface area (Å²) in [7, 11) is -3.90. The highest BCUT2D eigenvalue weighted by Crippen LogP contribution is 2.21. The van der Waals surface area contributed by atoms with E-state index in [9.17, 15) is 17.6 Å². The highest BCUT2D eigenvalue weighted by molar-refractivity contribution is 7.89. The number of nitrogens with zero attached hydrogens (tertiary/aromatic N) is 1. The van der Waals surface area contributed by atoms with E-state index in [4.69, 9.17) is 9.84 Å². The van der Waals surface area contributed by atoms with Gasteiger partial charge in [0.2, 0.25) is 10.0 Å². The second-order valence-electron chi connectivity index (χ2n) is 4.38. The van der Waals surface area contributed by atoms with Crippen LogP contribution in [0.15, 0.2) is 29.2 Å². The van der Waals surface area contributed by atoms with Crippen LogP contribution in [0.5, 0.6) is 0 Å². The molecule has 0 aromatic heterocycles. The van der Waals surface area contributed by atoms with Crippen LogP contribution in [0.25, 0.3) is 6.08 Å². The summed E-state index contributed by atoms with van der Waals surface area (Å²) in [5.74, 6) is -2.07. The van der Waals surface area contributed by atoms with Gasteiger partial charge >= 0.3 is 5.97 Å². The second kappa shape index (κ2) is 6.33. The first-order valence-electron chi connectivity index (χ1n) is 6.20. The van der Waals surface area contributed by atoms with E-state index >= 15 is 0 Å². The number of benzene rings is 1. The molecule has 0 amide bonds. The monoisotopic (exact) mass is 315 g/mol. The molecule has 1 aliphatic rings. The summed E-state index contributed by atoms with van der Waals surface area (Å²) in [6.07, 6.45) is 2.04. The molecule has 0 bridgehead atoms. The van der Waals surface area contributed by atoms with Gasteiger partial charge in [0, 0.05) is 19.2 Å².